The van der Waals surface area contributed by atoms with Crippen LogP contribution in [-0.4, -0.2) is 52.1 Å². The van der Waals surface area contributed by atoms with Gasteiger partial charge >= 0.3 is 11.8 Å². The Bertz CT molecular complexity index is 963. The van der Waals surface area contributed by atoms with Gasteiger partial charge in [-0.1, -0.05) is 6.92 Å². The van der Waals surface area contributed by atoms with Crippen molar-refractivity contribution < 1.29 is 33.9 Å². The van der Waals surface area contributed by atoms with E-state index in [1.54, 1.807) is 26.8 Å². The SMILES string of the molecule is CCC(CC(N)=O)OC(=O)Oc1cc(/C=C(\C#N)C(=O)N(CC)CC)cc([N+](=O)[O-])c1O. The predicted octanol–water partition coefficient (Wildman–Crippen LogP) is 2.25. The molecule has 1 unspecified atom stereocenters. The Morgan fingerprint density at radius 1 is 1.31 bits per heavy atom. The molecule has 0 aliphatic heterocycles. The highest BCUT2D eigenvalue weighted by molar-refractivity contribution is 6.01. The maximum atomic E-state index is 12.4. The summed E-state index contributed by atoms with van der Waals surface area (Å²) in [5, 5.41) is 30.8. The van der Waals surface area contributed by atoms with Crippen LogP contribution in [0.1, 0.15) is 39.2 Å². The summed E-state index contributed by atoms with van der Waals surface area (Å²) < 4.78 is 9.82. The lowest BCUT2D eigenvalue weighted by Gasteiger charge is -2.17. The van der Waals surface area contributed by atoms with Gasteiger partial charge in [0.2, 0.25) is 11.7 Å². The van der Waals surface area contributed by atoms with Crippen molar-refractivity contribution in [3.63, 3.8) is 0 Å². The van der Waals surface area contributed by atoms with Crippen LogP contribution in [0.5, 0.6) is 11.5 Å². The summed E-state index contributed by atoms with van der Waals surface area (Å²) in [6, 6.07) is 3.69. The van der Waals surface area contributed by atoms with Gasteiger partial charge in [0.25, 0.3) is 5.91 Å². The number of nitro benzene ring substituents is 1. The molecule has 0 aliphatic carbocycles. The molecule has 1 aromatic rings. The number of likely N-dealkylation sites (N-methyl/N-ethyl adjacent to an activating group) is 1. The van der Waals surface area contributed by atoms with Crippen molar-refractivity contribution in [1.29, 1.82) is 5.26 Å². The molecule has 1 atom stereocenters. The Hall–Kier alpha value is -4.14. The smallest absolute Gasteiger partial charge is 0.499 e. The zero-order chi connectivity index (χ0) is 24.4. The van der Waals surface area contributed by atoms with Crippen LogP contribution in [0, 0.1) is 21.4 Å². The van der Waals surface area contributed by atoms with Crippen molar-refractivity contribution in [2.45, 2.75) is 39.7 Å². The van der Waals surface area contributed by atoms with Gasteiger partial charge in [0.1, 0.15) is 17.7 Å². The van der Waals surface area contributed by atoms with Crippen LogP contribution in [0.3, 0.4) is 0 Å². The van der Waals surface area contributed by atoms with Crippen molar-refractivity contribution in [3.8, 4) is 17.6 Å². The Kier molecular flexibility index (Phi) is 9.63. The Morgan fingerprint density at radius 2 is 1.94 bits per heavy atom. The number of phenolic OH excluding ortho intramolecular Hbond substituents is 1. The normalized spacial score (nSPS) is 11.8. The average Bonchev–Trinajstić information content (AvgIpc) is 2.73. The molecule has 0 aromatic heterocycles. The van der Waals surface area contributed by atoms with E-state index in [0.29, 0.717) is 13.1 Å². The number of benzene rings is 1. The molecule has 0 bridgehead atoms. The first-order chi connectivity index (χ1) is 15.1. The van der Waals surface area contributed by atoms with Gasteiger partial charge in [-0.15, -0.1) is 0 Å². The number of carbonyl (C=O) groups excluding carboxylic acids is 3. The van der Waals surface area contributed by atoms with E-state index in [1.165, 1.54) is 4.90 Å². The number of primary amides is 1. The second kappa shape index (κ2) is 11.9. The topological polar surface area (TPSA) is 186 Å². The number of hydrogen-bond donors (Lipinski definition) is 2. The summed E-state index contributed by atoms with van der Waals surface area (Å²) in [4.78, 5) is 47.3. The van der Waals surface area contributed by atoms with Crippen molar-refractivity contribution in [1.82, 2.24) is 4.90 Å². The number of carbonyl (C=O) groups is 3. The van der Waals surface area contributed by atoms with Crippen molar-refractivity contribution in [3.05, 3.63) is 33.4 Å². The largest absolute Gasteiger partial charge is 0.514 e. The number of hydrogen-bond acceptors (Lipinski definition) is 9. The molecule has 0 saturated heterocycles. The Morgan fingerprint density at radius 3 is 2.41 bits per heavy atom. The van der Waals surface area contributed by atoms with Crippen LogP contribution in [-0.2, 0) is 14.3 Å². The van der Waals surface area contributed by atoms with Gasteiger partial charge in [-0.3, -0.25) is 19.7 Å². The summed E-state index contributed by atoms with van der Waals surface area (Å²) in [5.74, 6) is -2.89. The minimum atomic E-state index is -1.33. The van der Waals surface area contributed by atoms with E-state index in [9.17, 15) is 34.9 Å². The van der Waals surface area contributed by atoms with E-state index in [2.05, 4.69) is 0 Å². The molecule has 0 spiro atoms. The van der Waals surface area contributed by atoms with Gasteiger partial charge in [0.15, 0.2) is 5.75 Å². The van der Waals surface area contributed by atoms with Gasteiger partial charge in [-0.2, -0.15) is 5.26 Å². The molecular formula is C20H24N4O8. The van der Waals surface area contributed by atoms with Crippen LogP contribution in [0.25, 0.3) is 6.08 Å². The predicted molar refractivity (Wildman–Crippen MR) is 111 cm³/mol. The maximum Gasteiger partial charge on any atom is 0.514 e. The van der Waals surface area contributed by atoms with Gasteiger partial charge < -0.3 is 25.2 Å². The molecule has 0 heterocycles. The summed E-state index contributed by atoms with van der Waals surface area (Å²) in [7, 11) is 0. The molecule has 3 N–H and O–H groups in total. The molecule has 0 radical (unpaired) electrons. The third-order valence-corrected chi connectivity index (χ3v) is 4.33. The lowest BCUT2D eigenvalue weighted by molar-refractivity contribution is -0.385. The highest BCUT2D eigenvalue weighted by atomic mass is 16.7. The number of nitro groups is 1. The van der Waals surface area contributed by atoms with Crippen LogP contribution < -0.4 is 10.5 Å². The molecule has 0 saturated carbocycles. The molecular weight excluding hydrogens is 424 g/mol. The van der Waals surface area contributed by atoms with Gasteiger partial charge in [0, 0.05) is 19.2 Å². The molecule has 1 rings (SSSR count). The van der Waals surface area contributed by atoms with Crippen LogP contribution in [0.2, 0.25) is 0 Å². The molecule has 32 heavy (non-hydrogen) atoms. The van der Waals surface area contributed by atoms with E-state index in [-0.39, 0.29) is 24.0 Å². The zero-order valence-corrected chi connectivity index (χ0v) is 17.9. The average molecular weight is 448 g/mol. The minimum absolute atomic E-state index is 0.0430. The Labute approximate surface area is 184 Å². The Balaban J connectivity index is 3.34. The van der Waals surface area contributed by atoms with Gasteiger partial charge in [-0.25, -0.2) is 4.79 Å². The van der Waals surface area contributed by atoms with Crippen LogP contribution in [0.4, 0.5) is 10.5 Å². The van der Waals surface area contributed by atoms with E-state index >= 15 is 0 Å². The highest BCUT2D eigenvalue weighted by Gasteiger charge is 2.25. The lowest BCUT2D eigenvalue weighted by Crippen LogP contribution is -2.31. The number of ether oxygens (including phenoxy) is 2. The van der Waals surface area contributed by atoms with Gasteiger partial charge in [0.05, 0.1) is 11.3 Å². The van der Waals surface area contributed by atoms with E-state index < -0.39 is 46.2 Å². The second-order valence-corrected chi connectivity index (χ2v) is 6.46. The third-order valence-electron chi connectivity index (χ3n) is 4.33. The highest BCUT2D eigenvalue weighted by Crippen LogP contribution is 2.38. The fraction of sp³-hybridized carbons (Fsp3) is 0.400. The molecule has 172 valence electrons. The van der Waals surface area contributed by atoms with E-state index in [1.807, 2.05) is 0 Å². The fourth-order valence-electron chi connectivity index (χ4n) is 2.65. The van der Waals surface area contributed by atoms with Crippen molar-refractivity contribution >= 4 is 29.7 Å². The lowest BCUT2D eigenvalue weighted by atomic mass is 10.1. The van der Waals surface area contributed by atoms with E-state index in [0.717, 1.165) is 18.2 Å². The second-order valence-electron chi connectivity index (χ2n) is 6.46. The quantitative estimate of drug-likeness (QED) is 0.135. The number of amides is 2. The first kappa shape index (κ1) is 25.9. The number of nitrogens with zero attached hydrogens (tertiary/aromatic N) is 3. The first-order valence-corrected chi connectivity index (χ1v) is 9.66. The molecule has 12 heteroatoms. The van der Waals surface area contributed by atoms with Crippen LogP contribution in [0.15, 0.2) is 17.7 Å². The van der Waals surface area contributed by atoms with Crippen molar-refractivity contribution in [2.75, 3.05) is 13.1 Å². The summed E-state index contributed by atoms with van der Waals surface area (Å²) in [6.45, 7) is 5.76. The minimum Gasteiger partial charge on any atom is -0.499 e. The van der Waals surface area contributed by atoms with Gasteiger partial charge in [-0.05, 0) is 38.0 Å². The summed E-state index contributed by atoms with van der Waals surface area (Å²) >= 11 is 0. The number of aromatic hydroxyl groups is 1. The number of phenols is 1. The summed E-state index contributed by atoms with van der Waals surface area (Å²) in [5.41, 5.74) is 3.90. The van der Waals surface area contributed by atoms with Crippen molar-refractivity contribution in [2.24, 2.45) is 5.73 Å². The third kappa shape index (κ3) is 6.98. The zero-order valence-electron chi connectivity index (χ0n) is 17.9. The van der Waals surface area contributed by atoms with E-state index in [4.69, 9.17) is 15.2 Å². The maximum absolute atomic E-state index is 12.4. The number of rotatable bonds is 10. The van der Waals surface area contributed by atoms with Crippen LogP contribution >= 0.6 is 0 Å². The standard InChI is InChI=1S/C20H24N4O8/c1-4-14(10-17(22)25)31-20(28)32-16-9-12(8-15(18(16)26)24(29)30)7-13(11-21)19(27)23(5-2)6-3/h7-9,14,26H,4-6,10H2,1-3H3,(H2,22,25)/b13-7+. The first-order valence-electron chi connectivity index (χ1n) is 9.66. The molecule has 0 aliphatic rings. The monoisotopic (exact) mass is 448 g/mol. The number of nitrogens with two attached hydrogens (primary N) is 1. The fourth-order valence-corrected chi connectivity index (χ4v) is 2.65. The number of nitriles is 1. The molecule has 1 aromatic carbocycles. The summed E-state index contributed by atoms with van der Waals surface area (Å²) in [6.07, 6.45) is -1.17. The molecule has 12 nitrogen and oxygen atoms in total. The molecule has 0 fully saturated rings. The molecule has 2 amide bonds.